The number of nitrogens with one attached hydrogen (secondary N) is 4. The third kappa shape index (κ3) is 4.00. The minimum Gasteiger partial charge on any atom is -0.371 e. The van der Waals surface area contributed by atoms with E-state index in [0.29, 0.717) is 23.1 Å². The van der Waals surface area contributed by atoms with Gasteiger partial charge >= 0.3 is 0 Å². The van der Waals surface area contributed by atoms with E-state index in [0.717, 1.165) is 27.9 Å². The number of hydrogen-bond donors (Lipinski definition) is 4. The number of aromatic nitrogens is 4. The number of halogens is 1. The Labute approximate surface area is 172 Å². The summed E-state index contributed by atoms with van der Waals surface area (Å²) in [6.45, 7) is 0.428. The molecule has 3 heterocycles. The van der Waals surface area contributed by atoms with Crippen molar-refractivity contribution >= 4 is 23.3 Å². The zero-order valence-electron chi connectivity index (χ0n) is 15.7. The van der Waals surface area contributed by atoms with Gasteiger partial charge in [0.1, 0.15) is 5.69 Å². The maximum absolute atomic E-state index is 12.5. The van der Waals surface area contributed by atoms with Gasteiger partial charge in [-0.15, -0.1) is 0 Å². The van der Waals surface area contributed by atoms with Crippen LogP contribution in [0.2, 0.25) is 5.02 Å². The molecule has 0 aliphatic heterocycles. The minimum atomic E-state index is -0.189. The maximum atomic E-state index is 12.5. The highest BCUT2D eigenvalue weighted by Crippen LogP contribution is 2.37. The van der Waals surface area contributed by atoms with E-state index in [2.05, 4.69) is 30.8 Å². The quantitative estimate of drug-likeness (QED) is 0.387. The van der Waals surface area contributed by atoms with Crippen LogP contribution in [0.1, 0.15) is 16.1 Å². The Morgan fingerprint density at radius 3 is 2.72 bits per heavy atom. The highest BCUT2D eigenvalue weighted by atomic mass is 35.5. The number of anilines is 1. The first-order valence-electron chi connectivity index (χ1n) is 9.03. The number of benzene rings is 1. The van der Waals surface area contributed by atoms with Crippen molar-refractivity contribution in [2.75, 3.05) is 12.4 Å². The Kier molecular flexibility index (Phi) is 5.31. The third-order valence-electron chi connectivity index (χ3n) is 4.54. The number of nitrogens with zero attached hydrogens (tertiary/aromatic N) is 2. The molecule has 29 heavy (non-hydrogen) atoms. The van der Waals surface area contributed by atoms with Crippen molar-refractivity contribution in [3.05, 3.63) is 77.3 Å². The second-order valence-corrected chi connectivity index (χ2v) is 6.86. The number of carbonyl (C=O) groups is 1. The van der Waals surface area contributed by atoms with Crippen molar-refractivity contribution in [3.8, 4) is 22.4 Å². The van der Waals surface area contributed by atoms with E-state index in [4.69, 9.17) is 11.6 Å². The Balaban J connectivity index is 1.60. The van der Waals surface area contributed by atoms with Gasteiger partial charge in [0.25, 0.3) is 5.91 Å². The smallest absolute Gasteiger partial charge is 0.267 e. The van der Waals surface area contributed by atoms with Crippen molar-refractivity contribution in [3.63, 3.8) is 0 Å². The van der Waals surface area contributed by atoms with E-state index in [-0.39, 0.29) is 5.91 Å². The van der Waals surface area contributed by atoms with Crippen LogP contribution in [0.15, 0.2) is 61.1 Å². The van der Waals surface area contributed by atoms with Crippen LogP contribution in [0.5, 0.6) is 0 Å². The van der Waals surface area contributed by atoms with Crippen LogP contribution in [0.4, 0.5) is 5.82 Å². The largest absolute Gasteiger partial charge is 0.371 e. The van der Waals surface area contributed by atoms with Crippen molar-refractivity contribution < 1.29 is 4.79 Å². The van der Waals surface area contributed by atoms with E-state index in [1.165, 1.54) is 0 Å². The predicted molar refractivity (Wildman–Crippen MR) is 114 cm³/mol. The Morgan fingerprint density at radius 2 is 1.97 bits per heavy atom. The van der Waals surface area contributed by atoms with Gasteiger partial charge in [-0.05, 0) is 41.5 Å². The number of H-pyrrole nitrogens is 2. The first kappa shape index (κ1) is 18.8. The van der Waals surface area contributed by atoms with Crippen molar-refractivity contribution in [1.29, 1.82) is 0 Å². The fourth-order valence-corrected chi connectivity index (χ4v) is 3.30. The normalized spacial score (nSPS) is 10.7. The van der Waals surface area contributed by atoms with Crippen LogP contribution in [0.25, 0.3) is 22.4 Å². The van der Waals surface area contributed by atoms with E-state index >= 15 is 0 Å². The molecule has 0 unspecified atom stereocenters. The molecule has 0 aliphatic rings. The molecule has 0 bridgehead atoms. The topological polar surface area (TPSA) is 98.5 Å². The average molecular weight is 407 g/mol. The molecule has 0 fully saturated rings. The van der Waals surface area contributed by atoms with Gasteiger partial charge in [0.2, 0.25) is 0 Å². The molecule has 0 spiro atoms. The molecule has 0 saturated carbocycles. The molecule has 0 atom stereocenters. The lowest BCUT2D eigenvalue weighted by atomic mass is 10.0. The zero-order valence-corrected chi connectivity index (χ0v) is 16.4. The van der Waals surface area contributed by atoms with E-state index in [9.17, 15) is 4.79 Å². The average Bonchev–Trinajstić information content (AvgIpc) is 3.39. The number of rotatable bonds is 6. The molecule has 1 aromatic carbocycles. The number of carbonyl (C=O) groups excluding carboxylic acids is 1. The maximum Gasteiger partial charge on any atom is 0.267 e. The molecule has 0 radical (unpaired) electrons. The standard InChI is InChI=1S/C21H19ClN6O/c1-23-20-18(14-3-2-4-16(22)9-14)19(27-28-20)15-10-17(25-12-15)21(29)26-11-13-5-7-24-8-6-13/h2-10,12,25H,11H2,1H3,(H,26,29)(H2,23,27,28). The SMILES string of the molecule is CNc1n[nH]c(-c2c[nH]c(C(=O)NCc3ccncc3)c2)c1-c1cccc(Cl)c1. The van der Waals surface area contributed by atoms with Gasteiger partial charge in [0.15, 0.2) is 5.82 Å². The van der Waals surface area contributed by atoms with Crippen LogP contribution in [-0.2, 0) is 6.54 Å². The molecule has 4 N–H and O–H groups in total. The van der Waals surface area contributed by atoms with Crippen LogP contribution in [0, 0.1) is 0 Å². The summed E-state index contributed by atoms with van der Waals surface area (Å²) in [5, 5.41) is 14.0. The molecule has 0 saturated heterocycles. The molecule has 4 aromatic rings. The van der Waals surface area contributed by atoms with Gasteiger partial charge in [0.05, 0.1) is 11.3 Å². The number of hydrogen-bond acceptors (Lipinski definition) is 4. The summed E-state index contributed by atoms with van der Waals surface area (Å²) >= 11 is 6.17. The third-order valence-corrected chi connectivity index (χ3v) is 4.77. The molecule has 7 nitrogen and oxygen atoms in total. The molecule has 4 rings (SSSR count). The van der Waals surface area contributed by atoms with Crippen LogP contribution in [-0.4, -0.2) is 33.1 Å². The molecule has 8 heteroatoms. The van der Waals surface area contributed by atoms with E-state index in [1.807, 2.05) is 43.4 Å². The summed E-state index contributed by atoms with van der Waals surface area (Å²) in [7, 11) is 1.81. The molecule has 3 aromatic heterocycles. The number of pyridine rings is 1. The lowest BCUT2D eigenvalue weighted by Crippen LogP contribution is -2.22. The fraction of sp³-hybridized carbons (Fsp3) is 0.0952. The summed E-state index contributed by atoms with van der Waals surface area (Å²) in [6, 6.07) is 13.1. The second kappa shape index (κ2) is 8.20. The number of aromatic amines is 2. The molecule has 0 aliphatic carbocycles. The van der Waals surface area contributed by atoms with Gasteiger partial charge in [-0.3, -0.25) is 14.9 Å². The van der Waals surface area contributed by atoms with Gasteiger partial charge in [0, 0.05) is 42.8 Å². The lowest BCUT2D eigenvalue weighted by molar-refractivity contribution is 0.0946. The molecular formula is C21H19ClN6O. The molecule has 1 amide bonds. The van der Waals surface area contributed by atoms with Crippen LogP contribution < -0.4 is 10.6 Å². The Morgan fingerprint density at radius 1 is 1.14 bits per heavy atom. The minimum absolute atomic E-state index is 0.189. The summed E-state index contributed by atoms with van der Waals surface area (Å²) in [5.41, 5.74) is 4.87. The second-order valence-electron chi connectivity index (χ2n) is 6.42. The van der Waals surface area contributed by atoms with Gasteiger partial charge in [-0.2, -0.15) is 5.10 Å². The van der Waals surface area contributed by atoms with Crippen LogP contribution >= 0.6 is 11.6 Å². The van der Waals surface area contributed by atoms with Crippen LogP contribution in [0.3, 0.4) is 0 Å². The van der Waals surface area contributed by atoms with Gasteiger partial charge < -0.3 is 15.6 Å². The first-order valence-corrected chi connectivity index (χ1v) is 9.41. The first-order chi connectivity index (χ1) is 14.2. The van der Waals surface area contributed by atoms with Crippen molar-refractivity contribution in [2.24, 2.45) is 0 Å². The summed E-state index contributed by atoms with van der Waals surface area (Å²) in [6.07, 6.45) is 5.18. The molecular weight excluding hydrogens is 388 g/mol. The lowest BCUT2D eigenvalue weighted by Gasteiger charge is -2.06. The summed E-state index contributed by atoms with van der Waals surface area (Å²) < 4.78 is 0. The highest BCUT2D eigenvalue weighted by molar-refractivity contribution is 6.30. The van der Waals surface area contributed by atoms with Gasteiger partial charge in [-0.1, -0.05) is 23.7 Å². The van der Waals surface area contributed by atoms with E-state index in [1.54, 1.807) is 24.7 Å². The Hall–Kier alpha value is -3.58. The molecule has 146 valence electrons. The van der Waals surface area contributed by atoms with E-state index < -0.39 is 0 Å². The van der Waals surface area contributed by atoms with Crippen molar-refractivity contribution in [2.45, 2.75) is 6.54 Å². The summed E-state index contributed by atoms with van der Waals surface area (Å²) in [4.78, 5) is 19.5. The number of amides is 1. The highest BCUT2D eigenvalue weighted by Gasteiger charge is 2.18. The monoisotopic (exact) mass is 406 g/mol. The Bertz CT molecular complexity index is 1140. The predicted octanol–water partition coefficient (Wildman–Crippen LogP) is 4.09. The summed E-state index contributed by atoms with van der Waals surface area (Å²) in [5.74, 6) is 0.512. The van der Waals surface area contributed by atoms with Crippen molar-refractivity contribution in [1.82, 2.24) is 25.5 Å². The fourth-order valence-electron chi connectivity index (χ4n) is 3.10. The zero-order chi connectivity index (χ0) is 20.2. The van der Waals surface area contributed by atoms with Gasteiger partial charge in [-0.25, -0.2) is 0 Å².